The zero-order chi connectivity index (χ0) is 16.5. The zero-order valence-corrected chi connectivity index (χ0v) is 13.7. The Morgan fingerprint density at radius 2 is 1.58 bits per heavy atom. The van der Waals surface area contributed by atoms with Crippen LogP contribution >= 0.6 is 0 Å². The van der Waals surface area contributed by atoms with Crippen molar-refractivity contribution in [1.82, 2.24) is 0 Å². The molecule has 0 unspecified atom stereocenters. The molecule has 0 atom stereocenters. The molecule has 3 rings (SSSR count). The molecule has 0 aliphatic heterocycles. The first-order chi connectivity index (χ1) is 11.9. The van der Waals surface area contributed by atoms with Crippen molar-refractivity contribution in [2.45, 2.75) is 32.1 Å². The highest BCUT2D eigenvalue weighted by Crippen LogP contribution is 2.26. The van der Waals surface area contributed by atoms with Gasteiger partial charge in [-0.1, -0.05) is 60.4 Å². The molecule has 0 fully saturated rings. The zero-order valence-electron chi connectivity index (χ0n) is 13.7. The summed E-state index contributed by atoms with van der Waals surface area (Å²) in [5, 5.41) is 0. The van der Waals surface area contributed by atoms with Gasteiger partial charge < -0.3 is 0 Å². The number of aryl methyl sites for hydroxylation is 1. The number of rotatable bonds is 4. The Morgan fingerprint density at radius 1 is 0.833 bits per heavy atom. The van der Waals surface area contributed by atoms with Crippen LogP contribution in [0.25, 0.3) is 0 Å². The fourth-order valence-electron chi connectivity index (χ4n) is 2.65. The van der Waals surface area contributed by atoms with E-state index in [2.05, 4.69) is 52.1 Å². The van der Waals surface area contributed by atoms with E-state index in [1.165, 1.54) is 5.56 Å². The van der Waals surface area contributed by atoms with Crippen LogP contribution in [0.2, 0.25) is 0 Å². The first kappa shape index (κ1) is 16.0. The number of para-hydroxylation sites is 1. The second-order valence-corrected chi connectivity index (χ2v) is 5.73. The Hall–Kier alpha value is -2.88. The number of aliphatic imine (C=N–C) groups is 2. The highest BCUT2D eigenvalue weighted by atomic mass is 14.8. The molecule has 0 radical (unpaired) electrons. The van der Waals surface area contributed by atoms with Crippen LogP contribution in [0.1, 0.15) is 31.2 Å². The van der Waals surface area contributed by atoms with Crippen molar-refractivity contribution >= 4 is 11.7 Å². The van der Waals surface area contributed by atoms with Gasteiger partial charge in [0.15, 0.2) is 0 Å². The molecule has 0 aromatic heterocycles. The van der Waals surface area contributed by atoms with E-state index in [0.717, 1.165) is 49.1 Å². The van der Waals surface area contributed by atoms with Gasteiger partial charge in [-0.05, 0) is 43.4 Å². The van der Waals surface area contributed by atoms with Crippen molar-refractivity contribution in [2.75, 3.05) is 0 Å². The summed E-state index contributed by atoms with van der Waals surface area (Å²) in [5.41, 5.74) is 4.40. The molecular weight excluding hydrogens is 292 g/mol. The molecule has 1 aliphatic rings. The third-order valence-corrected chi connectivity index (χ3v) is 3.93. The summed E-state index contributed by atoms with van der Waals surface area (Å²) >= 11 is 0. The normalized spacial score (nSPS) is 13.0. The monoisotopic (exact) mass is 312 g/mol. The summed E-state index contributed by atoms with van der Waals surface area (Å²) < 4.78 is 0. The molecule has 24 heavy (non-hydrogen) atoms. The molecule has 0 saturated carbocycles. The van der Waals surface area contributed by atoms with Gasteiger partial charge in [-0.25, -0.2) is 0 Å². The third-order valence-electron chi connectivity index (χ3n) is 3.93. The molecule has 2 nitrogen and oxygen atoms in total. The maximum atomic E-state index is 4.40. The molecule has 118 valence electrons. The third kappa shape index (κ3) is 4.81. The summed E-state index contributed by atoms with van der Waals surface area (Å²) in [4.78, 5) is 8.64. The van der Waals surface area contributed by atoms with Gasteiger partial charge >= 0.3 is 0 Å². The van der Waals surface area contributed by atoms with E-state index < -0.39 is 0 Å². The molecule has 2 heteroatoms. The number of allylic oxidation sites excluding steroid dienone is 2. The average molecular weight is 312 g/mol. The summed E-state index contributed by atoms with van der Waals surface area (Å²) in [5.74, 6) is 6.59. The van der Waals surface area contributed by atoms with Crippen molar-refractivity contribution in [3.63, 3.8) is 0 Å². The van der Waals surface area contributed by atoms with Crippen molar-refractivity contribution in [3.8, 4) is 11.8 Å². The minimum absolute atomic E-state index is 0.871. The maximum absolute atomic E-state index is 4.40. The van der Waals surface area contributed by atoms with Crippen molar-refractivity contribution in [3.05, 3.63) is 77.5 Å². The minimum Gasteiger partial charge on any atom is -0.191 e. The number of benzene rings is 2. The molecule has 1 aliphatic carbocycles. The topological polar surface area (TPSA) is 24.7 Å². The summed E-state index contributed by atoms with van der Waals surface area (Å²) in [6.45, 7) is 0. The Morgan fingerprint density at radius 3 is 2.38 bits per heavy atom. The molecule has 0 spiro atoms. The Bertz CT molecular complexity index is 815. The smallest absolute Gasteiger partial charge is 0.100 e. The van der Waals surface area contributed by atoms with Crippen LogP contribution in [0.3, 0.4) is 0 Å². The quantitative estimate of drug-likeness (QED) is 0.521. The van der Waals surface area contributed by atoms with Gasteiger partial charge in [-0.15, -0.1) is 0 Å². The fraction of sp³-hybridized carbons (Fsp3) is 0.227. The van der Waals surface area contributed by atoms with E-state index in [9.17, 15) is 0 Å². The summed E-state index contributed by atoms with van der Waals surface area (Å²) in [6, 6.07) is 23.1. The van der Waals surface area contributed by atoms with Crippen LogP contribution in [0.5, 0.6) is 0 Å². The minimum atomic E-state index is 0.871. The molecule has 0 bridgehead atoms. The van der Waals surface area contributed by atoms with E-state index in [4.69, 9.17) is 0 Å². The standard InChI is InChI=1S/C22H20N2/c1-3-10-19(11-4-1)12-7-8-13-20-14-9-17-22(20)24-18-23-21-15-5-2-6-16-21/h1-6,10-11,15-16H,7,9,12,14,17H2. The van der Waals surface area contributed by atoms with Gasteiger partial charge in [-0.3, -0.25) is 0 Å². The van der Waals surface area contributed by atoms with Gasteiger partial charge in [0, 0.05) is 12.0 Å². The van der Waals surface area contributed by atoms with Gasteiger partial charge in [0.05, 0.1) is 11.4 Å². The van der Waals surface area contributed by atoms with Crippen LogP contribution < -0.4 is 0 Å². The Labute approximate surface area is 143 Å². The van der Waals surface area contributed by atoms with Gasteiger partial charge in [0.1, 0.15) is 6.01 Å². The van der Waals surface area contributed by atoms with Crippen molar-refractivity contribution in [1.29, 1.82) is 0 Å². The summed E-state index contributed by atoms with van der Waals surface area (Å²) in [6.07, 6.45) is 4.98. The van der Waals surface area contributed by atoms with Crippen LogP contribution in [-0.2, 0) is 6.42 Å². The first-order valence-electron chi connectivity index (χ1n) is 8.38. The van der Waals surface area contributed by atoms with Gasteiger partial charge in [0.25, 0.3) is 0 Å². The highest BCUT2D eigenvalue weighted by molar-refractivity contribution is 5.54. The molecule has 0 heterocycles. The largest absolute Gasteiger partial charge is 0.191 e. The lowest BCUT2D eigenvalue weighted by atomic mass is 10.1. The number of nitrogens with zero attached hydrogens (tertiary/aromatic N) is 2. The fourth-order valence-corrected chi connectivity index (χ4v) is 2.65. The second kappa shape index (κ2) is 8.67. The molecular formula is C22H20N2. The van der Waals surface area contributed by atoms with E-state index in [-0.39, 0.29) is 0 Å². The van der Waals surface area contributed by atoms with Crippen LogP contribution in [0, 0.1) is 11.8 Å². The first-order valence-corrected chi connectivity index (χ1v) is 8.38. The van der Waals surface area contributed by atoms with E-state index in [1.54, 1.807) is 0 Å². The lowest BCUT2D eigenvalue weighted by Crippen LogP contribution is -1.82. The lowest BCUT2D eigenvalue weighted by molar-refractivity contribution is 0.896. The molecule has 0 amide bonds. The van der Waals surface area contributed by atoms with Crippen LogP contribution in [0.15, 0.2) is 81.9 Å². The van der Waals surface area contributed by atoms with Gasteiger partial charge in [-0.2, -0.15) is 9.98 Å². The SMILES string of the molecule is C(=NC1=C(C#CCCc2ccccc2)CCC1)=Nc1ccccc1. The van der Waals surface area contributed by atoms with Crippen LogP contribution in [0.4, 0.5) is 5.69 Å². The molecule has 0 saturated heterocycles. The predicted octanol–water partition coefficient (Wildman–Crippen LogP) is 5.57. The van der Waals surface area contributed by atoms with Crippen molar-refractivity contribution < 1.29 is 0 Å². The lowest BCUT2D eigenvalue weighted by Gasteiger charge is -1.95. The van der Waals surface area contributed by atoms with Crippen LogP contribution in [-0.4, -0.2) is 6.01 Å². The summed E-state index contributed by atoms with van der Waals surface area (Å²) in [7, 11) is 0. The Kier molecular flexibility index (Phi) is 5.78. The average Bonchev–Trinajstić information content (AvgIpc) is 3.08. The maximum Gasteiger partial charge on any atom is 0.100 e. The highest BCUT2D eigenvalue weighted by Gasteiger charge is 2.11. The van der Waals surface area contributed by atoms with Gasteiger partial charge in [0.2, 0.25) is 0 Å². The van der Waals surface area contributed by atoms with E-state index >= 15 is 0 Å². The molecule has 0 N–H and O–H groups in total. The number of hydrogen-bond acceptors (Lipinski definition) is 2. The molecule has 2 aromatic rings. The van der Waals surface area contributed by atoms with E-state index in [0.29, 0.717) is 0 Å². The number of hydrogen-bond donors (Lipinski definition) is 0. The second-order valence-electron chi connectivity index (χ2n) is 5.73. The molecule has 2 aromatic carbocycles. The van der Waals surface area contributed by atoms with Crippen molar-refractivity contribution in [2.24, 2.45) is 9.98 Å². The Balaban J connectivity index is 1.62. The predicted molar refractivity (Wildman–Crippen MR) is 99.4 cm³/mol. The van der Waals surface area contributed by atoms with E-state index in [1.807, 2.05) is 36.4 Å².